The lowest BCUT2D eigenvalue weighted by atomic mass is 9.91. The summed E-state index contributed by atoms with van der Waals surface area (Å²) < 4.78 is 12.8. The summed E-state index contributed by atoms with van der Waals surface area (Å²) in [5.74, 6) is 0.268. The molecular formula is C16H23FN2O. The van der Waals surface area contributed by atoms with Gasteiger partial charge >= 0.3 is 0 Å². The van der Waals surface area contributed by atoms with Gasteiger partial charge in [-0.15, -0.1) is 0 Å². The fourth-order valence-electron chi connectivity index (χ4n) is 2.88. The third-order valence-corrected chi connectivity index (χ3v) is 4.03. The van der Waals surface area contributed by atoms with Crippen LogP contribution in [0.15, 0.2) is 24.3 Å². The molecule has 1 amide bonds. The molecule has 2 N–H and O–H groups in total. The molecule has 1 saturated heterocycles. The molecule has 0 saturated carbocycles. The smallest absolute Gasteiger partial charge is 0.218 e. The number of piperidine rings is 1. The van der Waals surface area contributed by atoms with Crippen LogP contribution in [0.5, 0.6) is 0 Å². The van der Waals surface area contributed by atoms with Crippen LogP contribution in [0.1, 0.15) is 31.2 Å². The second kappa shape index (κ2) is 7.39. The third-order valence-electron chi connectivity index (χ3n) is 4.03. The highest BCUT2D eigenvalue weighted by atomic mass is 19.1. The molecule has 1 aromatic carbocycles. The Labute approximate surface area is 120 Å². The minimum Gasteiger partial charge on any atom is -0.370 e. The monoisotopic (exact) mass is 278 g/mol. The van der Waals surface area contributed by atoms with Gasteiger partial charge in [0.15, 0.2) is 0 Å². The molecule has 1 heterocycles. The van der Waals surface area contributed by atoms with E-state index in [9.17, 15) is 9.18 Å². The first-order valence-corrected chi connectivity index (χ1v) is 7.38. The number of carbonyl (C=O) groups excluding carboxylic acids is 1. The number of nitrogens with zero attached hydrogens (tertiary/aromatic N) is 1. The molecule has 1 fully saturated rings. The number of amides is 1. The molecule has 1 atom stereocenters. The number of primary amides is 1. The highest BCUT2D eigenvalue weighted by Gasteiger charge is 2.19. The van der Waals surface area contributed by atoms with Crippen molar-refractivity contribution in [3.05, 3.63) is 35.6 Å². The van der Waals surface area contributed by atoms with Crippen LogP contribution in [0, 0.1) is 11.7 Å². The standard InChI is InChI=1S/C16H23FN2O/c17-15-7-5-13(6-8-15)3-4-14-2-1-10-19(12-14)11-9-16(18)20/h5-8,14H,1-4,9-12H2,(H2,18,20). The summed E-state index contributed by atoms with van der Waals surface area (Å²) >= 11 is 0. The summed E-state index contributed by atoms with van der Waals surface area (Å²) in [5, 5.41) is 0. The Morgan fingerprint density at radius 1 is 1.35 bits per heavy atom. The van der Waals surface area contributed by atoms with Crippen molar-refractivity contribution < 1.29 is 9.18 Å². The lowest BCUT2D eigenvalue weighted by molar-refractivity contribution is -0.118. The Morgan fingerprint density at radius 2 is 2.10 bits per heavy atom. The molecular weight excluding hydrogens is 255 g/mol. The van der Waals surface area contributed by atoms with Crippen molar-refractivity contribution in [2.75, 3.05) is 19.6 Å². The molecule has 20 heavy (non-hydrogen) atoms. The van der Waals surface area contributed by atoms with Gasteiger partial charge in [-0.3, -0.25) is 4.79 Å². The van der Waals surface area contributed by atoms with E-state index in [4.69, 9.17) is 5.73 Å². The van der Waals surface area contributed by atoms with E-state index >= 15 is 0 Å². The van der Waals surface area contributed by atoms with Gasteiger partial charge in [0.25, 0.3) is 0 Å². The number of aryl methyl sites for hydroxylation is 1. The zero-order valence-corrected chi connectivity index (χ0v) is 11.9. The van der Waals surface area contributed by atoms with Crippen molar-refractivity contribution in [3.8, 4) is 0 Å². The van der Waals surface area contributed by atoms with Gasteiger partial charge in [-0.1, -0.05) is 12.1 Å². The van der Waals surface area contributed by atoms with Crippen LogP contribution >= 0.6 is 0 Å². The first kappa shape index (κ1) is 15.0. The van der Waals surface area contributed by atoms with Gasteiger partial charge in [0.2, 0.25) is 5.91 Å². The maximum Gasteiger partial charge on any atom is 0.218 e. The van der Waals surface area contributed by atoms with Gasteiger partial charge in [-0.05, 0) is 55.8 Å². The molecule has 1 aliphatic heterocycles. The van der Waals surface area contributed by atoms with Crippen LogP contribution in [-0.2, 0) is 11.2 Å². The fraction of sp³-hybridized carbons (Fsp3) is 0.562. The largest absolute Gasteiger partial charge is 0.370 e. The molecule has 1 aliphatic rings. The Hall–Kier alpha value is -1.42. The zero-order valence-electron chi connectivity index (χ0n) is 11.9. The maximum atomic E-state index is 12.8. The molecule has 0 bridgehead atoms. The lowest BCUT2D eigenvalue weighted by Crippen LogP contribution is -2.37. The van der Waals surface area contributed by atoms with Gasteiger partial charge in [0, 0.05) is 19.5 Å². The van der Waals surface area contributed by atoms with Crippen LogP contribution in [0.4, 0.5) is 4.39 Å². The molecule has 1 unspecified atom stereocenters. The van der Waals surface area contributed by atoms with Gasteiger partial charge < -0.3 is 10.6 Å². The first-order valence-electron chi connectivity index (χ1n) is 7.38. The molecule has 0 spiro atoms. The average molecular weight is 278 g/mol. The summed E-state index contributed by atoms with van der Waals surface area (Å²) in [7, 11) is 0. The summed E-state index contributed by atoms with van der Waals surface area (Å²) in [6.07, 6.45) is 5.00. The van der Waals surface area contributed by atoms with Crippen molar-refractivity contribution in [1.29, 1.82) is 0 Å². The van der Waals surface area contributed by atoms with Crippen LogP contribution in [0.25, 0.3) is 0 Å². The van der Waals surface area contributed by atoms with Crippen LogP contribution in [0.2, 0.25) is 0 Å². The Bertz CT molecular complexity index is 433. The SMILES string of the molecule is NC(=O)CCN1CCCC(CCc2ccc(F)cc2)C1. The van der Waals surface area contributed by atoms with Crippen molar-refractivity contribution >= 4 is 5.91 Å². The van der Waals surface area contributed by atoms with E-state index in [1.807, 2.05) is 12.1 Å². The number of likely N-dealkylation sites (tertiary alicyclic amines) is 1. The predicted molar refractivity (Wildman–Crippen MR) is 77.7 cm³/mol. The zero-order chi connectivity index (χ0) is 14.4. The van der Waals surface area contributed by atoms with E-state index in [1.165, 1.54) is 30.5 Å². The molecule has 1 aromatic rings. The number of carbonyl (C=O) groups is 1. The lowest BCUT2D eigenvalue weighted by Gasteiger charge is -2.32. The highest BCUT2D eigenvalue weighted by molar-refractivity contribution is 5.73. The topological polar surface area (TPSA) is 46.3 Å². The van der Waals surface area contributed by atoms with E-state index in [0.717, 1.165) is 32.5 Å². The average Bonchev–Trinajstić information content (AvgIpc) is 2.45. The molecule has 3 nitrogen and oxygen atoms in total. The molecule has 4 heteroatoms. The first-order chi connectivity index (χ1) is 9.63. The number of hydrogen-bond acceptors (Lipinski definition) is 2. The normalized spacial score (nSPS) is 19.9. The molecule has 2 rings (SSSR count). The van der Waals surface area contributed by atoms with Gasteiger partial charge in [0.1, 0.15) is 5.82 Å². The maximum absolute atomic E-state index is 12.8. The van der Waals surface area contributed by atoms with Crippen molar-refractivity contribution in [3.63, 3.8) is 0 Å². The van der Waals surface area contributed by atoms with E-state index in [1.54, 1.807) is 0 Å². The number of nitrogens with two attached hydrogens (primary N) is 1. The third kappa shape index (κ3) is 4.93. The summed E-state index contributed by atoms with van der Waals surface area (Å²) in [6.45, 7) is 2.90. The van der Waals surface area contributed by atoms with Crippen LogP contribution in [-0.4, -0.2) is 30.4 Å². The van der Waals surface area contributed by atoms with Crippen molar-refractivity contribution in [1.82, 2.24) is 4.90 Å². The van der Waals surface area contributed by atoms with E-state index in [-0.39, 0.29) is 11.7 Å². The Morgan fingerprint density at radius 3 is 2.80 bits per heavy atom. The van der Waals surface area contributed by atoms with Crippen molar-refractivity contribution in [2.24, 2.45) is 11.7 Å². The predicted octanol–water partition coefficient (Wildman–Crippen LogP) is 2.35. The Balaban J connectivity index is 1.75. The fourth-order valence-corrected chi connectivity index (χ4v) is 2.88. The number of benzene rings is 1. The van der Waals surface area contributed by atoms with Crippen LogP contribution in [0.3, 0.4) is 0 Å². The second-order valence-electron chi connectivity index (χ2n) is 5.69. The number of hydrogen-bond donors (Lipinski definition) is 1. The minimum atomic E-state index is -0.224. The molecule has 0 aliphatic carbocycles. The van der Waals surface area contributed by atoms with Gasteiger partial charge in [-0.25, -0.2) is 4.39 Å². The highest BCUT2D eigenvalue weighted by Crippen LogP contribution is 2.21. The van der Waals surface area contributed by atoms with Gasteiger partial charge in [0.05, 0.1) is 0 Å². The van der Waals surface area contributed by atoms with E-state index in [2.05, 4.69) is 4.90 Å². The second-order valence-corrected chi connectivity index (χ2v) is 5.69. The van der Waals surface area contributed by atoms with Gasteiger partial charge in [-0.2, -0.15) is 0 Å². The molecule has 0 radical (unpaired) electrons. The number of rotatable bonds is 6. The summed E-state index contributed by atoms with van der Waals surface area (Å²) in [6, 6.07) is 6.77. The van der Waals surface area contributed by atoms with E-state index in [0.29, 0.717) is 12.3 Å². The summed E-state index contributed by atoms with van der Waals surface area (Å²) in [5.41, 5.74) is 6.39. The summed E-state index contributed by atoms with van der Waals surface area (Å²) in [4.78, 5) is 13.2. The van der Waals surface area contributed by atoms with Crippen molar-refractivity contribution in [2.45, 2.75) is 32.1 Å². The minimum absolute atomic E-state index is 0.177. The molecule has 0 aromatic heterocycles. The Kier molecular flexibility index (Phi) is 5.53. The number of halogens is 1. The van der Waals surface area contributed by atoms with Crippen LogP contribution < -0.4 is 5.73 Å². The quantitative estimate of drug-likeness (QED) is 0.868. The molecule has 110 valence electrons. The van der Waals surface area contributed by atoms with E-state index < -0.39 is 0 Å².